The standard InChI is InChI=1S/C13H19N3O2/c1-4-10(2)14-13(18)15-12(17)9-16-8-6-5-7-11(16)3/h5-8,10H,4,9H2,1-3H3,(H-,14,15,17,18)/p+1/t10-/m1/s1. The molecule has 2 N–H and O–H groups in total. The maximum atomic E-state index is 11.7. The van der Waals surface area contributed by atoms with E-state index in [0.717, 1.165) is 12.1 Å². The first kappa shape index (κ1) is 14.2. The SMILES string of the molecule is CC[C@@H](C)NC(=O)NC(=O)C[n+]1ccccc1C. The lowest BCUT2D eigenvalue weighted by molar-refractivity contribution is -0.690. The van der Waals surface area contributed by atoms with Crippen LogP contribution in [0.25, 0.3) is 0 Å². The molecule has 1 atom stereocenters. The summed E-state index contributed by atoms with van der Waals surface area (Å²) in [5.74, 6) is -0.324. The van der Waals surface area contributed by atoms with E-state index in [-0.39, 0.29) is 18.5 Å². The number of hydrogen-bond donors (Lipinski definition) is 2. The smallest absolute Gasteiger partial charge is 0.321 e. The zero-order valence-electron chi connectivity index (χ0n) is 11.1. The van der Waals surface area contributed by atoms with Crippen LogP contribution in [0.4, 0.5) is 4.79 Å². The molecule has 18 heavy (non-hydrogen) atoms. The lowest BCUT2D eigenvalue weighted by atomic mass is 10.3. The number of rotatable bonds is 4. The van der Waals surface area contributed by atoms with Gasteiger partial charge in [-0.1, -0.05) is 13.0 Å². The fourth-order valence-electron chi connectivity index (χ4n) is 1.42. The lowest BCUT2D eigenvalue weighted by Gasteiger charge is -2.11. The summed E-state index contributed by atoms with van der Waals surface area (Å²) in [5.41, 5.74) is 0.968. The fourth-order valence-corrected chi connectivity index (χ4v) is 1.42. The van der Waals surface area contributed by atoms with Crippen molar-refractivity contribution in [2.24, 2.45) is 0 Å². The first-order valence-electron chi connectivity index (χ1n) is 6.08. The molecule has 0 aliphatic rings. The second kappa shape index (κ2) is 6.74. The number of imide groups is 1. The summed E-state index contributed by atoms with van der Waals surface area (Å²) < 4.78 is 1.78. The number of nitrogens with one attached hydrogen (secondary N) is 2. The Hall–Kier alpha value is -1.91. The molecular weight excluding hydrogens is 230 g/mol. The zero-order chi connectivity index (χ0) is 13.5. The zero-order valence-corrected chi connectivity index (χ0v) is 11.1. The number of carbonyl (C=O) groups is 2. The molecule has 5 nitrogen and oxygen atoms in total. The number of urea groups is 1. The number of aromatic nitrogens is 1. The predicted octanol–water partition coefficient (Wildman–Crippen LogP) is 0.907. The number of amides is 3. The summed E-state index contributed by atoms with van der Waals surface area (Å²) in [5, 5.41) is 4.99. The van der Waals surface area contributed by atoms with Gasteiger partial charge in [0, 0.05) is 25.1 Å². The van der Waals surface area contributed by atoms with Gasteiger partial charge in [-0.2, -0.15) is 4.57 Å². The molecule has 1 heterocycles. The van der Waals surface area contributed by atoms with Gasteiger partial charge in [-0.25, -0.2) is 4.79 Å². The van der Waals surface area contributed by atoms with E-state index < -0.39 is 6.03 Å². The van der Waals surface area contributed by atoms with Gasteiger partial charge >= 0.3 is 6.03 Å². The van der Waals surface area contributed by atoms with E-state index in [0.29, 0.717) is 0 Å². The molecule has 0 aliphatic carbocycles. The van der Waals surface area contributed by atoms with Crippen LogP contribution in [0.15, 0.2) is 24.4 Å². The largest absolute Gasteiger partial charge is 0.335 e. The lowest BCUT2D eigenvalue weighted by Crippen LogP contribution is -2.49. The van der Waals surface area contributed by atoms with Gasteiger partial charge in [0.2, 0.25) is 6.54 Å². The first-order valence-corrected chi connectivity index (χ1v) is 6.08. The third kappa shape index (κ3) is 4.53. The van der Waals surface area contributed by atoms with Crippen molar-refractivity contribution in [1.82, 2.24) is 10.6 Å². The predicted molar refractivity (Wildman–Crippen MR) is 67.8 cm³/mol. The monoisotopic (exact) mass is 250 g/mol. The molecule has 0 radical (unpaired) electrons. The van der Waals surface area contributed by atoms with Crippen LogP contribution in [0.1, 0.15) is 26.0 Å². The van der Waals surface area contributed by atoms with Crippen LogP contribution in [0, 0.1) is 6.92 Å². The highest BCUT2D eigenvalue weighted by molar-refractivity contribution is 5.93. The van der Waals surface area contributed by atoms with E-state index in [1.807, 2.05) is 45.2 Å². The number of nitrogens with zero attached hydrogens (tertiary/aromatic N) is 1. The van der Waals surface area contributed by atoms with E-state index in [4.69, 9.17) is 0 Å². The molecule has 0 fully saturated rings. The Morgan fingerprint density at radius 1 is 1.39 bits per heavy atom. The van der Waals surface area contributed by atoms with Gasteiger partial charge in [0.1, 0.15) is 0 Å². The fraction of sp³-hybridized carbons (Fsp3) is 0.462. The average Bonchev–Trinajstić information content (AvgIpc) is 2.31. The van der Waals surface area contributed by atoms with Gasteiger partial charge in [-0.3, -0.25) is 10.1 Å². The van der Waals surface area contributed by atoms with Gasteiger partial charge in [0.05, 0.1) is 0 Å². The van der Waals surface area contributed by atoms with Gasteiger partial charge in [-0.15, -0.1) is 0 Å². The minimum Gasteiger partial charge on any atom is -0.335 e. The third-order valence-electron chi connectivity index (χ3n) is 2.72. The molecule has 1 rings (SSSR count). The number of aryl methyl sites for hydroxylation is 1. The summed E-state index contributed by atoms with van der Waals surface area (Å²) in [7, 11) is 0. The van der Waals surface area contributed by atoms with Crippen molar-refractivity contribution in [2.75, 3.05) is 0 Å². The van der Waals surface area contributed by atoms with Crippen molar-refractivity contribution in [3.05, 3.63) is 30.1 Å². The highest BCUT2D eigenvalue weighted by Crippen LogP contribution is 1.88. The second-order valence-electron chi connectivity index (χ2n) is 4.30. The maximum Gasteiger partial charge on any atom is 0.321 e. The molecule has 0 saturated heterocycles. The first-order chi connectivity index (χ1) is 8.52. The van der Waals surface area contributed by atoms with Crippen LogP contribution in [0.2, 0.25) is 0 Å². The van der Waals surface area contributed by atoms with Crippen molar-refractivity contribution >= 4 is 11.9 Å². The second-order valence-corrected chi connectivity index (χ2v) is 4.30. The number of pyridine rings is 1. The summed E-state index contributed by atoms with van der Waals surface area (Å²) >= 11 is 0. The summed E-state index contributed by atoms with van der Waals surface area (Å²) in [6, 6.07) is 5.28. The molecule has 5 heteroatoms. The third-order valence-corrected chi connectivity index (χ3v) is 2.72. The van der Waals surface area contributed by atoms with Crippen LogP contribution >= 0.6 is 0 Å². The van der Waals surface area contributed by atoms with Crippen molar-refractivity contribution in [2.45, 2.75) is 39.8 Å². The van der Waals surface area contributed by atoms with Crippen molar-refractivity contribution < 1.29 is 14.2 Å². The molecule has 0 saturated carbocycles. The van der Waals surface area contributed by atoms with Crippen LogP contribution in [0.5, 0.6) is 0 Å². The van der Waals surface area contributed by atoms with Crippen LogP contribution in [-0.2, 0) is 11.3 Å². The Labute approximate surface area is 107 Å². The van der Waals surface area contributed by atoms with Gasteiger partial charge in [-0.05, 0) is 13.3 Å². The topological polar surface area (TPSA) is 62.1 Å². The Bertz CT molecular complexity index is 432. The Morgan fingerprint density at radius 3 is 2.72 bits per heavy atom. The van der Waals surface area contributed by atoms with E-state index in [1.54, 1.807) is 4.57 Å². The molecule has 0 spiro atoms. The molecule has 3 amide bonds. The normalized spacial score (nSPS) is 11.7. The molecular formula is C13H20N3O2+. The molecule has 0 aromatic carbocycles. The van der Waals surface area contributed by atoms with E-state index in [2.05, 4.69) is 10.6 Å². The van der Waals surface area contributed by atoms with Gasteiger partial charge in [0.25, 0.3) is 5.91 Å². The van der Waals surface area contributed by atoms with Gasteiger partial charge in [0.15, 0.2) is 11.9 Å². The molecule has 1 aromatic heterocycles. The molecule has 98 valence electrons. The van der Waals surface area contributed by atoms with Crippen LogP contribution < -0.4 is 15.2 Å². The summed E-state index contributed by atoms with van der Waals surface area (Å²) in [4.78, 5) is 23.1. The molecule has 1 aromatic rings. The minimum absolute atomic E-state index is 0.0592. The molecule has 0 aliphatic heterocycles. The van der Waals surface area contributed by atoms with Crippen LogP contribution in [0.3, 0.4) is 0 Å². The van der Waals surface area contributed by atoms with E-state index >= 15 is 0 Å². The summed E-state index contributed by atoms with van der Waals surface area (Å²) in [6.45, 7) is 5.91. The highest BCUT2D eigenvalue weighted by Gasteiger charge is 2.15. The Morgan fingerprint density at radius 2 is 2.11 bits per heavy atom. The van der Waals surface area contributed by atoms with Crippen molar-refractivity contribution in [3.8, 4) is 0 Å². The number of carbonyl (C=O) groups excluding carboxylic acids is 2. The molecule has 0 unspecified atom stereocenters. The average molecular weight is 250 g/mol. The molecule has 0 bridgehead atoms. The highest BCUT2D eigenvalue weighted by atomic mass is 16.2. The quantitative estimate of drug-likeness (QED) is 0.780. The summed E-state index contributed by atoms with van der Waals surface area (Å²) in [6.07, 6.45) is 2.63. The maximum absolute atomic E-state index is 11.7. The van der Waals surface area contributed by atoms with Gasteiger partial charge < -0.3 is 5.32 Å². The van der Waals surface area contributed by atoms with Crippen molar-refractivity contribution in [1.29, 1.82) is 0 Å². The minimum atomic E-state index is -0.441. The Kier molecular flexibility index (Phi) is 5.30. The van der Waals surface area contributed by atoms with E-state index in [1.165, 1.54) is 0 Å². The Balaban J connectivity index is 2.47. The number of hydrogen-bond acceptors (Lipinski definition) is 2. The van der Waals surface area contributed by atoms with Crippen molar-refractivity contribution in [3.63, 3.8) is 0 Å². The van der Waals surface area contributed by atoms with Crippen LogP contribution in [-0.4, -0.2) is 18.0 Å². The van der Waals surface area contributed by atoms with E-state index in [9.17, 15) is 9.59 Å².